The fourth-order valence-corrected chi connectivity index (χ4v) is 1.97. The molecule has 0 saturated carbocycles. The summed E-state index contributed by atoms with van der Waals surface area (Å²) in [5.74, 6) is -0.212. The van der Waals surface area contributed by atoms with Gasteiger partial charge in [-0.2, -0.15) is 0 Å². The highest BCUT2D eigenvalue weighted by Gasteiger charge is 2.25. The molecule has 2 unspecified atom stereocenters. The Morgan fingerprint density at radius 1 is 1.42 bits per heavy atom. The summed E-state index contributed by atoms with van der Waals surface area (Å²) in [6.07, 6.45) is 3.66. The number of amides is 1. The van der Waals surface area contributed by atoms with E-state index in [0.717, 1.165) is 0 Å². The number of carbonyl (C=O) groups excluding carboxylic acids is 1. The van der Waals surface area contributed by atoms with Crippen LogP contribution in [0.15, 0.2) is 0 Å². The van der Waals surface area contributed by atoms with E-state index in [-0.39, 0.29) is 5.91 Å². The van der Waals surface area contributed by atoms with Crippen LogP contribution in [0.4, 0.5) is 0 Å². The number of hydrogen-bond donors (Lipinski definition) is 1. The van der Waals surface area contributed by atoms with Crippen LogP contribution in [-0.4, -0.2) is 29.4 Å². The highest BCUT2D eigenvalue weighted by atomic mass is 16.1. The molecule has 0 bridgehead atoms. The molecule has 0 aromatic carbocycles. The third-order valence-electron chi connectivity index (χ3n) is 2.71. The molecule has 3 heteroatoms. The van der Waals surface area contributed by atoms with Crippen molar-refractivity contribution in [3.05, 3.63) is 0 Å². The van der Waals surface area contributed by atoms with Gasteiger partial charge in [0.2, 0.25) is 5.91 Å². The maximum Gasteiger partial charge on any atom is 0.231 e. The van der Waals surface area contributed by atoms with Crippen LogP contribution in [0.3, 0.4) is 0 Å². The topological polar surface area (TPSA) is 46.3 Å². The van der Waals surface area contributed by atoms with E-state index in [1.165, 1.54) is 19.3 Å². The van der Waals surface area contributed by atoms with Crippen LogP contribution in [0.25, 0.3) is 0 Å². The Balaban J connectivity index is 2.50. The van der Waals surface area contributed by atoms with Crippen molar-refractivity contribution in [3.63, 3.8) is 0 Å². The molecule has 1 rings (SSSR count). The summed E-state index contributed by atoms with van der Waals surface area (Å²) in [6.45, 7) is 4.75. The summed E-state index contributed by atoms with van der Waals surface area (Å²) in [5.41, 5.74) is 5.17. The van der Waals surface area contributed by atoms with E-state index in [0.29, 0.717) is 18.6 Å². The SMILES string of the molecule is CC1CCCC(C)N1CC(N)=O. The number of likely N-dealkylation sites (tertiary alicyclic amines) is 1. The summed E-state index contributed by atoms with van der Waals surface area (Å²) in [7, 11) is 0. The lowest BCUT2D eigenvalue weighted by Gasteiger charge is -2.37. The van der Waals surface area contributed by atoms with Crippen LogP contribution in [0.2, 0.25) is 0 Å². The van der Waals surface area contributed by atoms with Crippen molar-refractivity contribution >= 4 is 5.91 Å². The van der Waals surface area contributed by atoms with Gasteiger partial charge in [-0.05, 0) is 26.7 Å². The Labute approximate surface area is 73.9 Å². The molecule has 1 aliphatic heterocycles. The Morgan fingerprint density at radius 2 is 1.92 bits per heavy atom. The predicted octanol–water partition coefficient (Wildman–Crippen LogP) is 0.735. The van der Waals surface area contributed by atoms with E-state index in [9.17, 15) is 4.79 Å². The number of primary amides is 1. The first-order valence-corrected chi connectivity index (χ1v) is 4.65. The maximum atomic E-state index is 10.7. The first-order chi connectivity index (χ1) is 5.61. The van der Waals surface area contributed by atoms with Crippen molar-refractivity contribution in [1.82, 2.24) is 4.90 Å². The van der Waals surface area contributed by atoms with Gasteiger partial charge < -0.3 is 5.73 Å². The summed E-state index contributed by atoms with van der Waals surface area (Å²) in [6, 6.07) is 1.03. The molecule has 3 nitrogen and oxygen atoms in total. The second-order valence-corrected chi connectivity index (χ2v) is 3.77. The van der Waals surface area contributed by atoms with Crippen LogP contribution in [0, 0.1) is 0 Å². The first kappa shape index (κ1) is 9.52. The maximum absolute atomic E-state index is 10.7. The lowest BCUT2D eigenvalue weighted by molar-refractivity contribution is -0.120. The Bertz CT molecular complexity index is 160. The van der Waals surface area contributed by atoms with Gasteiger partial charge in [-0.15, -0.1) is 0 Å². The van der Waals surface area contributed by atoms with Crippen molar-refractivity contribution in [2.24, 2.45) is 5.73 Å². The Morgan fingerprint density at radius 3 is 2.33 bits per heavy atom. The molecule has 1 amide bonds. The number of hydrogen-bond acceptors (Lipinski definition) is 2. The molecule has 2 atom stereocenters. The minimum atomic E-state index is -0.212. The molecule has 0 aromatic rings. The molecule has 1 saturated heterocycles. The summed E-state index contributed by atoms with van der Waals surface area (Å²) >= 11 is 0. The molecule has 12 heavy (non-hydrogen) atoms. The molecule has 0 spiro atoms. The van der Waals surface area contributed by atoms with E-state index < -0.39 is 0 Å². The van der Waals surface area contributed by atoms with Gasteiger partial charge in [-0.25, -0.2) is 0 Å². The molecule has 1 heterocycles. The third-order valence-corrected chi connectivity index (χ3v) is 2.71. The number of carbonyl (C=O) groups is 1. The second-order valence-electron chi connectivity index (χ2n) is 3.77. The molecule has 2 N–H and O–H groups in total. The largest absolute Gasteiger partial charge is 0.369 e. The fourth-order valence-electron chi connectivity index (χ4n) is 1.97. The molecule has 0 aliphatic carbocycles. The predicted molar refractivity (Wildman–Crippen MR) is 48.7 cm³/mol. The van der Waals surface area contributed by atoms with Crippen LogP contribution < -0.4 is 5.73 Å². The first-order valence-electron chi connectivity index (χ1n) is 4.65. The number of nitrogens with two attached hydrogens (primary N) is 1. The lowest BCUT2D eigenvalue weighted by Crippen LogP contribution is -2.47. The van der Waals surface area contributed by atoms with E-state index in [1.54, 1.807) is 0 Å². The zero-order chi connectivity index (χ0) is 9.14. The van der Waals surface area contributed by atoms with E-state index >= 15 is 0 Å². The summed E-state index contributed by atoms with van der Waals surface area (Å²) in [5, 5.41) is 0. The summed E-state index contributed by atoms with van der Waals surface area (Å²) in [4.78, 5) is 12.9. The Kier molecular flexibility index (Phi) is 3.09. The highest BCUT2D eigenvalue weighted by molar-refractivity contribution is 5.76. The lowest BCUT2D eigenvalue weighted by atomic mass is 9.98. The average molecular weight is 170 g/mol. The monoisotopic (exact) mass is 170 g/mol. The van der Waals surface area contributed by atoms with Crippen molar-refractivity contribution < 1.29 is 4.79 Å². The zero-order valence-corrected chi connectivity index (χ0v) is 7.92. The molecule has 70 valence electrons. The van der Waals surface area contributed by atoms with Crippen LogP contribution in [0.1, 0.15) is 33.1 Å². The van der Waals surface area contributed by atoms with Crippen molar-refractivity contribution in [2.75, 3.05) is 6.54 Å². The third kappa shape index (κ3) is 2.21. The quantitative estimate of drug-likeness (QED) is 0.664. The van der Waals surface area contributed by atoms with Gasteiger partial charge >= 0.3 is 0 Å². The van der Waals surface area contributed by atoms with Crippen LogP contribution in [0.5, 0.6) is 0 Å². The average Bonchev–Trinajstić information content (AvgIpc) is 1.97. The van der Waals surface area contributed by atoms with Crippen LogP contribution >= 0.6 is 0 Å². The highest BCUT2D eigenvalue weighted by Crippen LogP contribution is 2.21. The second kappa shape index (κ2) is 3.90. The normalized spacial score (nSPS) is 31.8. The van der Waals surface area contributed by atoms with Crippen LogP contribution in [-0.2, 0) is 4.79 Å². The number of piperidine rings is 1. The van der Waals surface area contributed by atoms with E-state index in [2.05, 4.69) is 18.7 Å². The van der Waals surface area contributed by atoms with E-state index in [4.69, 9.17) is 5.73 Å². The van der Waals surface area contributed by atoms with Crippen molar-refractivity contribution in [2.45, 2.75) is 45.2 Å². The van der Waals surface area contributed by atoms with Gasteiger partial charge in [-0.1, -0.05) is 6.42 Å². The molecule has 0 radical (unpaired) electrons. The van der Waals surface area contributed by atoms with Gasteiger partial charge in [0.25, 0.3) is 0 Å². The smallest absolute Gasteiger partial charge is 0.231 e. The standard InChI is InChI=1S/C9H18N2O/c1-7-4-3-5-8(2)11(7)6-9(10)12/h7-8H,3-6H2,1-2H3,(H2,10,12). The summed E-state index contributed by atoms with van der Waals surface area (Å²) < 4.78 is 0. The van der Waals surface area contributed by atoms with Gasteiger partial charge in [-0.3, -0.25) is 9.69 Å². The van der Waals surface area contributed by atoms with Crippen molar-refractivity contribution in [1.29, 1.82) is 0 Å². The molecular formula is C9H18N2O. The Hall–Kier alpha value is -0.570. The molecular weight excluding hydrogens is 152 g/mol. The molecule has 1 aliphatic rings. The molecule has 1 fully saturated rings. The van der Waals surface area contributed by atoms with Gasteiger partial charge in [0.05, 0.1) is 6.54 Å². The van der Waals surface area contributed by atoms with Crippen molar-refractivity contribution in [3.8, 4) is 0 Å². The van der Waals surface area contributed by atoms with Gasteiger partial charge in [0, 0.05) is 12.1 Å². The number of nitrogens with zero attached hydrogens (tertiary/aromatic N) is 1. The fraction of sp³-hybridized carbons (Fsp3) is 0.889. The minimum absolute atomic E-state index is 0.212. The van der Waals surface area contributed by atoms with E-state index in [1.807, 2.05) is 0 Å². The van der Waals surface area contributed by atoms with Gasteiger partial charge in [0.15, 0.2) is 0 Å². The van der Waals surface area contributed by atoms with Gasteiger partial charge in [0.1, 0.15) is 0 Å². The molecule has 0 aromatic heterocycles. The minimum Gasteiger partial charge on any atom is -0.369 e. The zero-order valence-electron chi connectivity index (χ0n) is 7.92. The number of rotatable bonds is 2.